The van der Waals surface area contributed by atoms with Crippen molar-refractivity contribution in [2.24, 2.45) is 5.92 Å². The topological polar surface area (TPSA) is 33.1 Å². The van der Waals surface area contributed by atoms with Crippen molar-refractivity contribution in [1.82, 2.24) is 4.98 Å². The van der Waals surface area contributed by atoms with Crippen LogP contribution < -0.4 is 0 Å². The first-order valence-corrected chi connectivity index (χ1v) is 4.27. The SMILES string of the molecule is CC(C)C(O)c1cncc(Cl)c1. The Hall–Kier alpha value is -0.600. The Bertz CT molecular complexity index is 262. The highest BCUT2D eigenvalue weighted by Gasteiger charge is 2.11. The lowest BCUT2D eigenvalue weighted by Crippen LogP contribution is -2.05. The number of nitrogens with zero attached hydrogens (tertiary/aromatic N) is 1. The maximum atomic E-state index is 9.62. The molecule has 2 nitrogen and oxygen atoms in total. The van der Waals surface area contributed by atoms with Crippen molar-refractivity contribution in [2.45, 2.75) is 20.0 Å². The van der Waals surface area contributed by atoms with E-state index in [1.54, 1.807) is 18.5 Å². The fourth-order valence-corrected chi connectivity index (χ4v) is 1.16. The van der Waals surface area contributed by atoms with Crippen LogP contribution in [0.5, 0.6) is 0 Å². The molecule has 0 aliphatic rings. The molecule has 1 atom stereocenters. The Kier molecular flexibility index (Phi) is 3.06. The van der Waals surface area contributed by atoms with E-state index in [2.05, 4.69) is 4.98 Å². The monoisotopic (exact) mass is 185 g/mol. The molecule has 66 valence electrons. The largest absolute Gasteiger partial charge is 0.388 e. The minimum atomic E-state index is -0.476. The van der Waals surface area contributed by atoms with Crippen molar-refractivity contribution in [3.05, 3.63) is 29.0 Å². The van der Waals surface area contributed by atoms with Gasteiger partial charge in [-0.05, 0) is 12.0 Å². The minimum Gasteiger partial charge on any atom is -0.388 e. The predicted octanol–water partition coefficient (Wildman–Crippen LogP) is 2.42. The summed E-state index contributed by atoms with van der Waals surface area (Å²) >= 11 is 5.72. The molecule has 0 saturated heterocycles. The fourth-order valence-electron chi connectivity index (χ4n) is 0.975. The van der Waals surface area contributed by atoms with Gasteiger partial charge in [-0.2, -0.15) is 0 Å². The third kappa shape index (κ3) is 2.19. The summed E-state index contributed by atoms with van der Waals surface area (Å²) < 4.78 is 0. The number of halogens is 1. The highest BCUT2D eigenvalue weighted by atomic mass is 35.5. The molecule has 0 saturated carbocycles. The van der Waals surface area contributed by atoms with Crippen LogP contribution in [0, 0.1) is 5.92 Å². The number of hydrogen-bond donors (Lipinski definition) is 1. The van der Waals surface area contributed by atoms with E-state index in [1.807, 2.05) is 13.8 Å². The Morgan fingerprint density at radius 3 is 2.58 bits per heavy atom. The summed E-state index contributed by atoms with van der Waals surface area (Å²) in [5.74, 6) is 0.185. The quantitative estimate of drug-likeness (QED) is 0.768. The van der Waals surface area contributed by atoms with E-state index < -0.39 is 6.10 Å². The maximum absolute atomic E-state index is 9.62. The molecular formula is C9H12ClNO. The first kappa shape index (κ1) is 9.49. The van der Waals surface area contributed by atoms with Crippen LogP contribution in [0.3, 0.4) is 0 Å². The molecule has 0 aliphatic heterocycles. The van der Waals surface area contributed by atoms with Crippen LogP contribution in [-0.2, 0) is 0 Å². The summed E-state index contributed by atoms with van der Waals surface area (Å²) in [7, 11) is 0. The zero-order chi connectivity index (χ0) is 9.14. The van der Waals surface area contributed by atoms with Crippen molar-refractivity contribution in [1.29, 1.82) is 0 Å². The summed E-state index contributed by atoms with van der Waals surface area (Å²) in [5, 5.41) is 10.2. The van der Waals surface area contributed by atoms with Gasteiger partial charge in [-0.1, -0.05) is 25.4 Å². The van der Waals surface area contributed by atoms with Gasteiger partial charge in [0.15, 0.2) is 0 Å². The highest BCUT2D eigenvalue weighted by Crippen LogP contribution is 2.22. The van der Waals surface area contributed by atoms with Crippen molar-refractivity contribution >= 4 is 11.6 Å². The van der Waals surface area contributed by atoms with E-state index in [9.17, 15) is 5.11 Å². The van der Waals surface area contributed by atoms with Gasteiger partial charge in [-0.25, -0.2) is 0 Å². The molecule has 3 heteroatoms. The molecule has 1 unspecified atom stereocenters. The zero-order valence-electron chi connectivity index (χ0n) is 7.16. The van der Waals surface area contributed by atoms with Crippen molar-refractivity contribution in [2.75, 3.05) is 0 Å². The van der Waals surface area contributed by atoms with Crippen LogP contribution in [0.25, 0.3) is 0 Å². The van der Waals surface area contributed by atoms with Gasteiger partial charge in [0.25, 0.3) is 0 Å². The van der Waals surface area contributed by atoms with E-state index in [1.165, 1.54) is 0 Å². The number of pyridine rings is 1. The second-order valence-corrected chi connectivity index (χ2v) is 3.56. The van der Waals surface area contributed by atoms with Gasteiger partial charge in [-0.15, -0.1) is 0 Å². The Labute approximate surface area is 77.2 Å². The molecule has 1 aromatic heterocycles. The Balaban J connectivity index is 2.88. The number of rotatable bonds is 2. The van der Waals surface area contributed by atoms with Crippen LogP contribution in [0.4, 0.5) is 0 Å². The van der Waals surface area contributed by atoms with E-state index in [4.69, 9.17) is 11.6 Å². The molecule has 1 heterocycles. The second-order valence-electron chi connectivity index (χ2n) is 3.13. The standard InChI is InChI=1S/C9H12ClNO/c1-6(2)9(12)7-3-8(10)5-11-4-7/h3-6,9,12H,1-2H3. The van der Waals surface area contributed by atoms with Crippen molar-refractivity contribution < 1.29 is 5.11 Å². The summed E-state index contributed by atoms with van der Waals surface area (Å²) in [6.45, 7) is 3.90. The Morgan fingerprint density at radius 2 is 2.08 bits per heavy atom. The maximum Gasteiger partial charge on any atom is 0.0828 e. The predicted molar refractivity (Wildman–Crippen MR) is 49.0 cm³/mol. The molecule has 1 aromatic rings. The Morgan fingerprint density at radius 1 is 1.42 bits per heavy atom. The number of aliphatic hydroxyl groups excluding tert-OH is 1. The van der Waals surface area contributed by atoms with Crippen LogP contribution >= 0.6 is 11.6 Å². The van der Waals surface area contributed by atoms with E-state index >= 15 is 0 Å². The normalized spacial score (nSPS) is 13.4. The molecule has 1 N–H and O–H groups in total. The lowest BCUT2D eigenvalue weighted by Gasteiger charge is -2.13. The van der Waals surface area contributed by atoms with Crippen LogP contribution in [0.1, 0.15) is 25.5 Å². The van der Waals surface area contributed by atoms with E-state index in [0.29, 0.717) is 5.02 Å². The summed E-state index contributed by atoms with van der Waals surface area (Å²) in [6, 6.07) is 1.74. The van der Waals surface area contributed by atoms with Crippen molar-refractivity contribution in [3.8, 4) is 0 Å². The molecule has 0 radical (unpaired) electrons. The van der Waals surface area contributed by atoms with E-state index in [-0.39, 0.29) is 5.92 Å². The first-order chi connectivity index (χ1) is 5.61. The van der Waals surface area contributed by atoms with Gasteiger partial charge >= 0.3 is 0 Å². The number of hydrogen-bond acceptors (Lipinski definition) is 2. The smallest absolute Gasteiger partial charge is 0.0828 e. The minimum absolute atomic E-state index is 0.185. The zero-order valence-corrected chi connectivity index (χ0v) is 7.92. The fraction of sp³-hybridized carbons (Fsp3) is 0.444. The molecule has 0 amide bonds. The molecule has 0 aliphatic carbocycles. The van der Waals surface area contributed by atoms with Gasteiger partial charge in [0, 0.05) is 18.0 Å². The van der Waals surface area contributed by atoms with Gasteiger partial charge in [-0.3, -0.25) is 4.98 Å². The lowest BCUT2D eigenvalue weighted by atomic mass is 10.0. The molecular weight excluding hydrogens is 174 g/mol. The molecule has 0 spiro atoms. The summed E-state index contributed by atoms with van der Waals surface area (Å²) in [5.41, 5.74) is 0.775. The first-order valence-electron chi connectivity index (χ1n) is 3.89. The number of aliphatic hydroxyl groups is 1. The average molecular weight is 186 g/mol. The third-order valence-electron chi connectivity index (χ3n) is 1.70. The molecule has 12 heavy (non-hydrogen) atoms. The highest BCUT2D eigenvalue weighted by molar-refractivity contribution is 6.30. The summed E-state index contributed by atoms with van der Waals surface area (Å²) in [6.07, 6.45) is 2.71. The second kappa shape index (κ2) is 3.87. The average Bonchev–Trinajstić information content (AvgIpc) is 2.03. The van der Waals surface area contributed by atoms with Gasteiger partial charge in [0.2, 0.25) is 0 Å². The van der Waals surface area contributed by atoms with Gasteiger partial charge < -0.3 is 5.11 Å². The van der Waals surface area contributed by atoms with Crippen molar-refractivity contribution in [3.63, 3.8) is 0 Å². The summed E-state index contributed by atoms with van der Waals surface area (Å²) in [4.78, 5) is 3.90. The van der Waals surface area contributed by atoms with E-state index in [0.717, 1.165) is 5.56 Å². The molecule has 1 rings (SSSR count). The van der Waals surface area contributed by atoms with Gasteiger partial charge in [0.1, 0.15) is 0 Å². The lowest BCUT2D eigenvalue weighted by molar-refractivity contribution is 0.126. The van der Waals surface area contributed by atoms with Gasteiger partial charge in [0.05, 0.1) is 11.1 Å². The van der Waals surface area contributed by atoms with Crippen LogP contribution in [-0.4, -0.2) is 10.1 Å². The molecule has 0 bridgehead atoms. The molecule has 0 aromatic carbocycles. The number of aromatic nitrogens is 1. The van der Waals surface area contributed by atoms with Crippen LogP contribution in [0.2, 0.25) is 5.02 Å². The van der Waals surface area contributed by atoms with Crippen LogP contribution in [0.15, 0.2) is 18.5 Å². The molecule has 0 fully saturated rings. The third-order valence-corrected chi connectivity index (χ3v) is 1.91.